The van der Waals surface area contributed by atoms with Crippen LogP contribution in [0.15, 0.2) is 76.1 Å². The number of amides is 2. The second-order valence-corrected chi connectivity index (χ2v) is 13.0. The second-order valence-electron chi connectivity index (χ2n) is 10.3. The summed E-state index contributed by atoms with van der Waals surface area (Å²) in [6.07, 6.45) is 0. The predicted molar refractivity (Wildman–Crippen MR) is 160 cm³/mol. The van der Waals surface area contributed by atoms with Gasteiger partial charge >= 0.3 is 0 Å². The average molecular weight is 663 g/mol. The molecule has 0 aromatic heterocycles. The lowest BCUT2D eigenvalue weighted by molar-refractivity contribution is -0.139. The van der Waals surface area contributed by atoms with Crippen LogP contribution in [0, 0.1) is 11.7 Å². The van der Waals surface area contributed by atoms with Crippen LogP contribution in [0.25, 0.3) is 0 Å². The summed E-state index contributed by atoms with van der Waals surface area (Å²) in [5.74, 6) is -0.679. The van der Waals surface area contributed by atoms with E-state index >= 15 is 0 Å². The van der Waals surface area contributed by atoms with Gasteiger partial charge < -0.3 is 19.7 Å². The minimum absolute atomic E-state index is 0.0515. The van der Waals surface area contributed by atoms with Gasteiger partial charge in [-0.2, -0.15) is 0 Å². The molecule has 0 unspecified atom stereocenters. The van der Waals surface area contributed by atoms with E-state index in [0.717, 1.165) is 26.5 Å². The zero-order valence-corrected chi connectivity index (χ0v) is 26.0. The predicted octanol–water partition coefficient (Wildman–Crippen LogP) is 4.74. The van der Waals surface area contributed by atoms with Gasteiger partial charge in [0.05, 0.1) is 10.6 Å². The summed E-state index contributed by atoms with van der Waals surface area (Å²) >= 11 is 3.43. The summed E-state index contributed by atoms with van der Waals surface area (Å²) in [7, 11) is -4.36. The average Bonchev–Trinajstić information content (AvgIpc) is 2.97. The Kier molecular flexibility index (Phi) is 10.1. The smallest absolute Gasteiger partial charge is 0.264 e. The number of anilines is 1. The maximum Gasteiger partial charge on any atom is 0.264 e. The van der Waals surface area contributed by atoms with Crippen molar-refractivity contribution in [2.24, 2.45) is 5.92 Å². The van der Waals surface area contributed by atoms with Gasteiger partial charge in [0.2, 0.25) is 11.8 Å². The van der Waals surface area contributed by atoms with E-state index in [1.165, 1.54) is 35.2 Å². The molecule has 1 N–H and O–H groups in total. The standard InChI is InChI=1S/C30H33BrFN3O6S/c1-20(2)17-33-30(37)21(3)34(18-22-5-4-6-23(31)15-22)29(36)19-35(25-9-7-24(32)8-10-25)42(38,39)26-11-12-27-28(16-26)41-14-13-40-27/h4-12,15-16,20-21H,13-14,17-19H2,1-3H3,(H,33,37)/t21-/m1/s1. The highest BCUT2D eigenvalue weighted by molar-refractivity contribution is 9.10. The van der Waals surface area contributed by atoms with Gasteiger partial charge in [0, 0.05) is 23.6 Å². The topological polar surface area (TPSA) is 105 Å². The van der Waals surface area contributed by atoms with Crippen molar-refractivity contribution >= 4 is 43.5 Å². The molecule has 4 rings (SSSR count). The van der Waals surface area contributed by atoms with Crippen LogP contribution in [-0.4, -0.2) is 57.5 Å². The first kappa shape index (κ1) is 31.3. The van der Waals surface area contributed by atoms with E-state index in [9.17, 15) is 22.4 Å². The molecule has 0 radical (unpaired) electrons. The Bertz CT molecular complexity index is 1530. The Morgan fingerprint density at radius 1 is 0.976 bits per heavy atom. The molecule has 2 amide bonds. The first-order valence-electron chi connectivity index (χ1n) is 13.5. The van der Waals surface area contributed by atoms with Crippen LogP contribution in [0.1, 0.15) is 26.3 Å². The molecule has 1 aliphatic heterocycles. The zero-order valence-electron chi connectivity index (χ0n) is 23.5. The van der Waals surface area contributed by atoms with Crippen LogP contribution >= 0.6 is 15.9 Å². The Morgan fingerprint density at radius 3 is 2.33 bits per heavy atom. The molecule has 0 fully saturated rings. The summed E-state index contributed by atoms with van der Waals surface area (Å²) in [5.41, 5.74) is 0.822. The molecule has 1 heterocycles. The minimum Gasteiger partial charge on any atom is -0.486 e. The van der Waals surface area contributed by atoms with Gasteiger partial charge in [0.1, 0.15) is 31.6 Å². The van der Waals surface area contributed by atoms with Crippen LogP contribution in [0.3, 0.4) is 0 Å². The first-order valence-corrected chi connectivity index (χ1v) is 15.7. The van der Waals surface area contributed by atoms with E-state index in [2.05, 4.69) is 21.2 Å². The van der Waals surface area contributed by atoms with Crippen molar-refractivity contribution in [2.45, 2.75) is 38.3 Å². The maximum absolute atomic E-state index is 14.0. The van der Waals surface area contributed by atoms with Gasteiger partial charge in [-0.3, -0.25) is 13.9 Å². The highest BCUT2D eigenvalue weighted by Gasteiger charge is 2.33. The summed E-state index contributed by atoms with van der Waals surface area (Å²) < 4.78 is 54.7. The molecule has 0 saturated carbocycles. The third kappa shape index (κ3) is 7.60. The number of nitrogens with zero attached hydrogens (tertiary/aromatic N) is 2. The van der Waals surface area contributed by atoms with Crippen LogP contribution in [-0.2, 0) is 26.2 Å². The molecule has 12 heteroatoms. The SMILES string of the molecule is CC(C)CNC(=O)[C@@H](C)N(Cc1cccc(Br)c1)C(=O)CN(c1ccc(F)cc1)S(=O)(=O)c1ccc2c(c1)OCCO2. The molecule has 0 spiro atoms. The van der Waals surface area contributed by atoms with Crippen molar-refractivity contribution in [3.8, 4) is 11.5 Å². The number of rotatable bonds is 11. The summed E-state index contributed by atoms with van der Waals surface area (Å²) in [6.45, 7) is 5.95. The fourth-order valence-electron chi connectivity index (χ4n) is 4.31. The lowest BCUT2D eigenvalue weighted by Crippen LogP contribution is -2.51. The highest BCUT2D eigenvalue weighted by Crippen LogP contribution is 2.34. The highest BCUT2D eigenvalue weighted by atomic mass is 79.9. The Morgan fingerprint density at radius 2 is 1.67 bits per heavy atom. The fraction of sp³-hybridized carbons (Fsp3) is 0.333. The summed E-state index contributed by atoms with van der Waals surface area (Å²) in [4.78, 5) is 28.3. The van der Waals surface area contributed by atoms with Gasteiger partial charge in [-0.25, -0.2) is 12.8 Å². The molecule has 42 heavy (non-hydrogen) atoms. The number of carbonyl (C=O) groups excluding carboxylic acids is 2. The van der Waals surface area contributed by atoms with Crippen molar-refractivity contribution in [1.29, 1.82) is 0 Å². The summed E-state index contributed by atoms with van der Waals surface area (Å²) in [5, 5.41) is 2.85. The number of fused-ring (bicyclic) bond motifs is 1. The third-order valence-electron chi connectivity index (χ3n) is 6.59. The number of hydrogen-bond acceptors (Lipinski definition) is 6. The Hall–Kier alpha value is -3.64. The van der Waals surface area contributed by atoms with Gasteiger partial charge in [0.25, 0.3) is 10.0 Å². The van der Waals surface area contributed by atoms with Crippen molar-refractivity contribution in [1.82, 2.24) is 10.2 Å². The van der Waals surface area contributed by atoms with Crippen molar-refractivity contribution in [3.05, 3.63) is 82.6 Å². The number of sulfonamides is 1. The molecule has 0 saturated heterocycles. The number of nitrogens with one attached hydrogen (secondary N) is 1. The van der Waals surface area contributed by atoms with Gasteiger partial charge in [-0.15, -0.1) is 0 Å². The fourth-order valence-corrected chi connectivity index (χ4v) is 6.19. The van der Waals surface area contributed by atoms with E-state index in [1.54, 1.807) is 6.92 Å². The molecule has 1 atom stereocenters. The van der Waals surface area contributed by atoms with Gasteiger partial charge in [-0.05, 0) is 66.9 Å². The number of ether oxygens (including phenoxy) is 2. The number of halogens is 2. The zero-order chi connectivity index (χ0) is 30.4. The normalized spacial score (nSPS) is 13.4. The van der Waals surface area contributed by atoms with Crippen molar-refractivity contribution in [2.75, 3.05) is 30.6 Å². The van der Waals surface area contributed by atoms with Gasteiger partial charge in [-0.1, -0.05) is 41.9 Å². The molecular weight excluding hydrogens is 629 g/mol. The lowest BCUT2D eigenvalue weighted by atomic mass is 10.1. The molecule has 0 bridgehead atoms. The van der Waals surface area contributed by atoms with E-state index in [0.29, 0.717) is 18.9 Å². The molecule has 3 aromatic rings. The summed E-state index contributed by atoms with van der Waals surface area (Å²) in [6, 6.07) is 15.4. The number of carbonyl (C=O) groups is 2. The van der Waals surface area contributed by atoms with E-state index in [1.807, 2.05) is 38.1 Å². The van der Waals surface area contributed by atoms with Crippen molar-refractivity contribution in [3.63, 3.8) is 0 Å². The van der Waals surface area contributed by atoms with Crippen LogP contribution in [0.2, 0.25) is 0 Å². The van der Waals surface area contributed by atoms with E-state index in [-0.39, 0.29) is 41.3 Å². The third-order valence-corrected chi connectivity index (χ3v) is 8.85. The minimum atomic E-state index is -4.36. The van der Waals surface area contributed by atoms with Crippen molar-refractivity contribution < 1.29 is 31.9 Å². The van der Waals surface area contributed by atoms with Gasteiger partial charge in [0.15, 0.2) is 11.5 Å². The quantitative estimate of drug-likeness (QED) is 0.318. The number of benzene rings is 3. The molecule has 9 nitrogen and oxygen atoms in total. The molecule has 3 aromatic carbocycles. The monoisotopic (exact) mass is 661 g/mol. The van der Waals surface area contributed by atoms with Crippen LogP contribution in [0.4, 0.5) is 10.1 Å². The molecular formula is C30H33BrFN3O6S. The molecule has 1 aliphatic rings. The molecule has 0 aliphatic carbocycles. The van der Waals surface area contributed by atoms with E-state index in [4.69, 9.17) is 9.47 Å². The molecule has 224 valence electrons. The Balaban J connectivity index is 1.71. The maximum atomic E-state index is 14.0. The largest absolute Gasteiger partial charge is 0.486 e. The van der Waals surface area contributed by atoms with Crippen LogP contribution in [0.5, 0.6) is 11.5 Å². The van der Waals surface area contributed by atoms with Crippen LogP contribution < -0.4 is 19.1 Å². The lowest BCUT2D eigenvalue weighted by Gasteiger charge is -2.32. The second kappa shape index (κ2) is 13.6. The Labute approximate surface area is 253 Å². The van der Waals surface area contributed by atoms with E-state index < -0.39 is 34.3 Å². The number of hydrogen-bond donors (Lipinski definition) is 1. The first-order chi connectivity index (χ1) is 20.0.